The molecule has 0 radical (unpaired) electrons. The van der Waals surface area contributed by atoms with Crippen LogP contribution in [0.5, 0.6) is 0 Å². The van der Waals surface area contributed by atoms with Gasteiger partial charge in [0.15, 0.2) is 0 Å². The second-order valence-corrected chi connectivity index (χ2v) is 4.36. The molecule has 0 aromatic heterocycles. The van der Waals surface area contributed by atoms with E-state index in [9.17, 15) is 0 Å². The van der Waals surface area contributed by atoms with E-state index in [1.54, 1.807) is 0 Å². The van der Waals surface area contributed by atoms with Crippen LogP contribution >= 0.6 is 11.6 Å². The van der Waals surface area contributed by atoms with Crippen LogP contribution in [0.4, 0.5) is 0 Å². The third kappa shape index (κ3) is 3.25. The molecule has 2 unspecified atom stereocenters. The summed E-state index contributed by atoms with van der Waals surface area (Å²) >= 11 is 5.82. The summed E-state index contributed by atoms with van der Waals surface area (Å²) in [6, 6.07) is 9.97. The molecule has 0 N–H and O–H groups in total. The third-order valence-electron chi connectivity index (χ3n) is 2.68. The van der Waals surface area contributed by atoms with Crippen molar-refractivity contribution in [2.24, 2.45) is 5.92 Å². The minimum Gasteiger partial charge on any atom is -0.198 e. The van der Waals surface area contributed by atoms with E-state index in [1.165, 1.54) is 0 Å². The zero-order chi connectivity index (χ0) is 11.3. The summed E-state index contributed by atoms with van der Waals surface area (Å²) in [6.07, 6.45) is 2.20. The molecule has 80 valence electrons. The van der Waals surface area contributed by atoms with Gasteiger partial charge in [-0.05, 0) is 30.0 Å². The molecular formula is C13H16ClN. The highest BCUT2D eigenvalue weighted by Crippen LogP contribution is 2.27. The van der Waals surface area contributed by atoms with Crippen LogP contribution in [0, 0.1) is 17.2 Å². The molecule has 1 nitrogen and oxygen atoms in total. The van der Waals surface area contributed by atoms with Gasteiger partial charge >= 0.3 is 0 Å². The monoisotopic (exact) mass is 221 g/mol. The summed E-state index contributed by atoms with van der Waals surface area (Å²) < 4.78 is 0. The van der Waals surface area contributed by atoms with Crippen LogP contribution in [0.3, 0.4) is 0 Å². The smallest absolute Gasteiger partial charge is 0.0738 e. The van der Waals surface area contributed by atoms with Crippen LogP contribution in [-0.2, 0) is 0 Å². The first-order chi connectivity index (χ1) is 7.19. The molecule has 0 heterocycles. The Balaban J connectivity index is 2.84. The van der Waals surface area contributed by atoms with Gasteiger partial charge in [0.05, 0.1) is 12.0 Å². The second kappa shape index (κ2) is 5.78. The lowest BCUT2D eigenvalue weighted by atomic mass is 9.86. The predicted octanol–water partition coefficient (Wildman–Crippen LogP) is 4.38. The van der Waals surface area contributed by atoms with Crippen molar-refractivity contribution in [2.75, 3.05) is 0 Å². The van der Waals surface area contributed by atoms with E-state index in [2.05, 4.69) is 19.9 Å². The molecule has 0 saturated heterocycles. The zero-order valence-corrected chi connectivity index (χ0v) is 9.96. The third-order valence-corrected chi connectivity index (χ3v) is 2.93. The molecule has 0 aliphatic heterocycles. The zero-order valence-electron chi connectivity index (χ0n) is 9.20. The summed E-state index contributed by atoms with van der Waals surface area (Å²) in [5.74, 6) is 0.392. The molecule has 0 amide bonds. The molecule has 2 atom stereocenters. The van der Waals surface area contributed by atoms with Gasteiger partial charge in [0, 0.05) is 5.02 Å². The van der Waals surface area contributed by atoms with Crippen molar-refractivity contribution in [3.8, 4) is 6.07 Å². The summed E-state index contributed by atoms with van der Waals surface area (Å²) in [5.41, 5.74) is 1.07. The van der Waals surface area contributed by atoms with Crippen LogP contribution in [0.15, 0.2) is 24.3 Å². The molecule has 1 aromatic carbocycles. The van der Waals surface area contributed by atoms with E-state index < -0.39 is 0 Å². The van der Waals surface area contributed by atoms with E-state index in [-0.39, 0.29) is 5.92 Å². The van der Waals surface area contributed by atoms with Gasteiger partial charge in [-0.1, -0.05) is 44.0 Å². The van der Waals surface area contributed by atoms with E-state index in [1.807, 2.05) is 24.3 Å². The summed E-state index contributed by atoms with van der Waals surface area (Å²) in [7, 11) is 0. The van der Waals surface area contributed by atoms with Gasteiger partial charge in [-0.25, -0.2) is 0 Å². The van der Waals surface area contributed by atoms with Crippen molar-refractivity contribution < 1.29 is 0 Å². The van der Waals surface area contributed by atoms with Crippen LogP contribution in [0.25, 0.3) is 0 Å². The molecule has 0 aliphatic carbocycles. The molecule has 1 aromatic rings. The fourth-order valence-corrected chi connectivity index (χ4v) is 1.95. The Kier molecular flexibility index (Phi) is 4.65. The van der Waals surface area contributed by atoms with Crippen molar-refractivity contribution in [1.82, 2.24) is 0 Å². The fourth-order valence-electron chi connectivity index (χ4n) is 1.82. The van der Waals surface area contributed by atoms with Gasteiger partial charge in [-0.3, -0.25) is 0 Å². The van der Waals surface area contributed by atoms with Crippen molar-refractivity contribution in [2.45, 2.75) is 32.6 Å². The van der Waals surface area contributed by atoms with Gasteiger partial charge in [0.2, 0.25) is 0 Å². The Bertz CT molecular complexity index is 337. The highest BCUT2D eigenvalue weighted by atomic mass is 35.5. The number of benzene rings is 1. The van der Waals surface area contributed by atoms with Gasteiger partial charge in [0.25, 0.3) is 0 Å². The van der Waals surface area contributed by atoms with E-state index in [4.69, 9.17) is 16.9 Å². The first-order valence-corrected chi connectivity index (χ1v) is 5.72. The van der Waals surface area contributed by atoms with Gasteiger partial charge in [-0.15, -0.1) is 0 Å². The van der Waals surface area contributed by atoms with Crippen LogP contribution in [-0.4, -0.2) is 0 Å². The Hall–Kier alpha value is -1.00. The van der Waals surface area contributed by atoms with Crippen LogP contribution in [0.2, 0.25) is 5.02 Å². The molecule has 0 aliphatic rings. The van der Waals surface area contributed by atoms with Gasteiger partial charge in [-0.2, -0.15) is 5.26 Å². The van der Waals surface area contributed by atoms with Crippen molar-refractivity contribution in [1.29, 1.82) is 5.26 Å². The van der Waals surface area contributed by atoms with Crippen molar-refractivity contribution >= 4 is 11.6 Å². The Morgan fingerprint density at radius 1 is 1.33 bits per heavy atom. The normalized spacial score (nSPS) is 14.3. The Labute approximate surface area is 96.7 Å². The Morgan fingerprint density at radius 3 is 2.40 bits per heavy atom. The van der Waals surface area contributed by atoms with E-state index in [0.717, 1.165) is 23.4 Å². The lowest BCUT2D eigenvalue weighted by Gasteiger charge is -2.17. The quantitative estimate of drug-likeness (QED) is 0.740. The second-order valence-electron chi connectivity index (χ2n) is 3.92. The number of hydrogen-bond acceptors (Lipinski definition) is 1. The van der Waals surface area contributed by atoms with Crippen LogP contribution in [0.1, 0.15) is 38.2 Å². The topological polar surface area (TPSA) is 23.8 Å². The lowest BCUT2D eigenvalue weighted by molar-refractivity contribution is 0.484. The number of rotatable bonds is 4. The molecule has 0 bridgehead atoms. The molecule has 1 rings (SSSR count). The predicted molar refractivity (Wildman–Crippen MR) is 63.9 cm³/mol. The van der Waals surface area contributed by atoms with Crippen LogP contribution < -0.4 is 0 Å². The van der Waals surface area contributed by atoms with Crippen molar-refractivity contribution in [3.63, 3.8) is 0 Å². The number of nitrogens with zero attached hydrogens (tertiary/aromatic N) is 1. The summed E-state index contributed by atoms with van der Waals surface area (Å²) in [6.45, 7) is 4.28. The largest absolute Gasteiger partial charge is 0.198 e. The van der Waals surface area contributed by atoms with E-state index >= 15 is 0 Å². The maximum Gasteiger partial charge on any atom is 0.0738 e. The molecule has 15 heavy (non-hydrogen) atoms. The highest BCUT2D eigenvalue weighted by molar-refractivity contribution is 6.30. The highest BCUT2D eigenvalue weighted by Gasteiger charge is 2.17. The first kappa shape index (κ1) is 12.1. The summed E-state index contributed by atoms with van der Waals surface area (Å²) in [4.78, 5) is 0. The summed E-state index contributed by atoms with van der Waals surface area (Å²) in [5, 5.41) is 9.88. The fraction of sp³-hybridized carbons (Fsp3) is 0.462. The minimum absolute atomic E-state index is 0.0118. The molecule has 0 spiro atoms. The average Bonchev–Trinajstić information content (AvgIpc) is 2.22. The maximum atomic E-state index is 9.16. The Morgan fingerprint density at radius 2 is 1.93 bits per heavy atom. The maximum absolute atomic E-state index is 9.16. The van der Waals surface area contributed by atoms with Gasteiger partial charge in [0.1, 0.15) is 0 Å². The molecular weight excluding hydrogens is 206 g/mol. The molecule has 0 saturated carbocycles. The average molecular weight is 222 g/mol. The van der Waals surface area contributed by atoms with Gasteiger partial charge < -0.3 is 0 Å². The lowest BCUT2D eigenvalue weighted by Crippen LogP contribution is -2.07. The van der Waals surface area contributed by atoms with E-state index in [0.29, 0.717) is 5.92 Å². The minimum atomic E-state index is -0.0118. The first-order valence-electron chi connectivity index (χ1n) is 5.34. The van der Waals surface area contributed by atoms with Crippen molar-refractivity contribution in [3.05, 3.63) is 34.9 Å². The number of hydrogen-bond donors (Lipinski definition) is 0. The number of nitriles is 1. The molecule has 0 fully saturated rings. The molecule has 2 heteroatoms. The SMILES string of the molecule is CCCC(C)C(C#N)c1ccc(Cl)cc1. The number of halogens is 1. The standard InChI is InChI=1S/C13H16ClN/c1-3-4-10(2)13(9-15)11-5-7-12(14)8-6-11/h5-8,10,13H,3-4H2,1-2H3.